The summed E-state index contributed by atoms with van der Waals surface area (Å²) in [7, 11) is 0. The normalized spacial score (nSPS) is 16.7. The Kier molecular flexibility index (Phi) is 5.27. The van der Waals surface area contributed by atoms with Crippen molar-refractivity contribution in [2.75, 3.05) is 36.4 Å². The van der Waals surface area contributed by atoms with Crippen LogP contribution in [0.3, 0.4) is 0 Å². The van der Waals surface area contributed by atoms with Crippen LogP contribution in [0.25, 0.3) is 0 Å². The number of anilines is 2. The van der Waals surface area contributed by atoms with Gasteiger partial charge >= 0.3 is 0 Å². The average Bonchev–Trinajstić information content (AvgIpc) is 2.64. The Bertz CT molecular complexity index is 688. The molecule has 1 aliphatic heterocycles. The van der Waals surface area contributed by atoms with E-state index in [4.69, 9.17) is 11.6 Å². The van der Waals surface area contributed by atoms with Crippen LogP contribution in [0.2, 0.25) is 5.15 Å². The molecule has 0 spiro atoms. The fourth-order valence-corrected chi connectivity index (χ4v) is 3.12. The maximum absolute atomic E-state index is 12.5. The minimum absolute atomic E-state index is 0.0281. The Balaban J connectivity index is 1.56. The fourth-order valence-electron chi connectivity index (χ4n) is 2.95. The van der Waals surface area contributed by atoms with E-state index in [-0.39, 0.29) is 11.9 Å². The van der Waals surface area contributed by atoms with Gasteiger partial charge in [0.25, 0.3) is 11.7 Å². The number of piperazine rings is 1. The van der Waals surface area contributed by atoms with Gasteiger partial charge < -0.3 is 10.2 Å². The molecule has 1 fully saturated rings. The predicted molar refractivity (Wildman–Crippen MR) is 93.2 cm³/mol. The molecule has 0 radical (unpaired) electrons. The number of carbonyl (C=O) groups excluding carboxylic acids is 1. The Morgan fingerprint density at radius 2 is 2.12 bits per heavy atom. The summed E-state index contributed by atoms with van der Waals surface area (Å²) in [5.74, 6) is 1.09. The predicted octanol–water partition coefficient (Wildman–Crippen LogP) is 0.281. The van der Waals surface area contributed by atoms with Crippen LogP contribution in [0.5, 0.6) is 0 Å². The SMILES string of the molecule is C[C@@H](C(=O)Nc1cccnc1Cl)[NH+]1CCN(c2cccc[nH+]2)CC1. The van der Waals surface area contributed by atoms with E-state index < -0.39 is 0 Å². The lowest BCUT2D eigenvalue weighted by atomic mass is 10.2. The molecule has 3 rings (SSSR count). The molecule has 1 atom stereocenters. The van der Waals surface area contributed by atoms with Gasteiger partial charge in [0.2, 0.25) is 0 Å². The van der Waals surface area contributed by atoms with Crippen molar-refractivity contribution in [3.8, 4) is 0 Å². The second-order valence-electron chi connectivity index (χ2n) is 5.95. The monoisotopic (exact) mass is 347 g/mol. The maximum atomic E-state index is 12.5. The zero-order chi connectivity index (χ0) is 16.9. The number of halogens is 1. The van der Waals surface area contributed by atoms with Crippen molar-refractivity contribution in [3.05, 3.63) is 47.9 Å². The van der Waals surface area contributed by atoms with Crippen molar-refractivity contribution < 1.29 is 14.7 Å². The minimum atomic E-state index is -0.136. The highest BCUT2D eigenvalue weighted by Crippen LogP contribution is 2.17. The molecule has 3 heterocycles. The summed E-state index contributed by atoms with van der Waals surface area (Å²) in [5, 5.41) is 3.19. The lowest BCUT2D eigenvalue weighted by Crippen LogP contribution is -3.19. The number of nitrogens with one attached hydrogen (secondary N) is 3. The number of quaternary nitrogens is 1. The number of pyridine rings is 2. The quantitative estimate of drug-likeness (QED) is 0.781. The van der Waals surface area contributed by atoms with Crippen molar-refractivity contribution in [1.29, 1.82) is 0 Å². The van der Waals surface area contributed by atoms with Crippen LogP contribution < -0.4 is 20.1 Å². The van der Waals surface area contributed by atoms with Gasteiger partial charge in [0.15, 0.2) is 11.2 Å². The summed E-state index contributed by atoms with van der Waals surface area (Å²) in [6, 6.07) is 9.46. The zero-order valence-electron chi connectivity index (χ0n) is 13.6. The van der Waals surface area contributed by atoms with Gasteiger partial charge in [-0.05, 0) is 25.1 Å². The number of H-pyrrole nitrogens is 1. The lowest BCUT2D eigenvalue weighted by molar-refractivity contribution is -0.914. The van der Waals surface area contributed by atoms with E-state index in [9.17, 15) is 4.79 Å². The Morgan fingerprint density at radius 1 is 1.33 bits per heavy atom. The molecule has 7 heteroatoms. The Labute approximate surface area is 146 Å². The molecule has 2 aromatic rings. The molecule has 3 N–H and O–H groups in total. The highest BCUT2D eigenvalue weighted by Gasteiger charge is 2.32. The van der Waals surface area contributed by atoms with Crippen LogP contribution in [0, 0.1) is 0 Å². The number of hydrogen-bond acceptors (Lipinski definition) is 3. The highest BCUT2D eigenvalue weighted by atomic mass is 35.5. The smallest absolute Gasteiger partial charge is 0.282 e. The van der Waals surface area contributed by atoms with E-state index >= 15 is 0 Å². The molecule has 6 nitrogen and oxygen atoms in total. The van der Waals surface area contributed by atoms with Crippen molar-refractivity contribution >= 4 is 29.0 Å². The number of carbonyl (C=O) groups is 1. The molecule has 24 heavy (non-hydrogen) atoms. The van der Waals surface area contributed by atoms with Crippen molar-refractivity contribution in [2.24, 2.45) is 0 Å². The van der Waals surface area contributed by atoms with Gasteiger partial charge in [0.1, 0.15) is 26.2 Å². The second kappa shape index (κ2) is 7.59. The molecule has 1 saturated heterocycles. The van der Waals surface area contributed by atoms with Gasteiger partial charge in [-0.2, -0.15) is 0 Å². The molecule has 0 unspecified atom stereocenters. The standard InChI is InChI=1S/C17H20ClN5O/c1-13(17(24)21-14-5-4-8-20-16(14)18)22-9-11-23(12-10-22)15-6-2-3-7-19-15/h2-8,13H,9-12H2,1H3,(H,21,24)/p+2/t13-/m0/s1. The largest absolute Gasteiger partial charge is 0.318 e. The van der Waals surface area contributed by atoms with Crippen LogP contribution >= 0.6 is 11.6 Å². The van der Waals surface area contributed by atoms with Crippen LogP contribution in [0.4, 0.5) is 11.5 Å². The molecule has 126 valence electrons. The van der Waals surface area contributed by atoms with E-state index in [0.29, 0.717) is 10.8 Å². The summed E-state index contributed by atoms with van der Waals surface area (Å²) in [4.78, 5) is 23.3. The topological polar surface area (TPSA) is 63.8 Å². The molecular formula is C17H22ClN5O+2. The first-order chi connectivity index (χ1) is 11.6. The van der Waals surface area contributed by atoms with Gasteiger partial charge in [-0.25, -0.2) is 9.97 Å². The van der Waals surface area contributed by atoms with Crippen LogP contribution in [0.1, 0.15) is 6.92 Å². The third-order valence-corrected chi connectivity index (χ3v) is 4.76. The first-order valence-corrected chi connectivity index (χ1v) is 8.50. The van der Waals surface area contributed by atoms with E-state index in [1.807, 2.05) is 25.3 Å². The number of aromatic amines is 1. The maximum Gasteiger partial charge on any atom is 0.282 e. The number of aromatic nitrogens is 2. The summed E-state index contributed by atoms with van der Waals surface area (Å²) in [6.45, 7) is 5.62. The van der Waals surface area contributed by atoms with E-state index in [1.165, 1.54) is 4.90 Å². The fraction of sp³-hybridized carbons (Fsp3) is 0.353. The molecule has 0 aliphatic carbocycles. The summed E-state index contributed by atoms with van der Waals surface area (Å²) in [5.41, 5.74) is 0.563. The molecule has 0 aromatic carbocycles. The van der Waals surface area contributed by atoms with E-state index in [0.717, 1.165) is 32.0 Å². The van der Waals surface area contributed by atoms with Crippen molar-refractivity contribution in [2.45, 2.75) is 13.0 Å². The summed E-state index contributed by atoms with van der Waals surface area (Å²) >= 11 is 6.00. The minimum Gasteiger partial charge on any atom is -0.318 e. The second-order valence-corrected chi connectivity index (χ2v) is 6.30. The van der Waals surface area contributed by atoms with E-state index in [1.54, 1.807) is 18.3 Å². The van der Waals surface area contributed by atoms with Gasteiger partial charge in [0, 0.05) is 12.3 Å². The molecule has 0 bridgehead atoms. The first kappa shape index (κ1) is 16.7. The number of nitrogens with zero attached hydrogens (tertiary/aromatic N) is 2. The van der Waals surface area contributed by atoms with Gasteiger partial charge in [-0.1, -0.05) is 17.7 Å². The first-order valence-electron chi connectivity index (χ1n) is 8.13. The van der Waals surface area contributed by atoms with Gasteiger partial charge in [0.05, 0.1) is 11.9 Å². The van der Waals surface area contributed by atoms with Crippen LogP contribution in [-0.2, 0) is 4.79 Å². The molecular weight excluding hydrogens is 326 g/mol. The lowest BCUT2D eigenvalue weighted by Gasteiger charge is -2.31. The Hall–Kier alpha value is -2.18. The number of rotatable bonds is 4. The Morgan fingerprint density at radius 3 is 2.79 bits per heavy atom. The molecule has 2 aromatic heterocycles. The van der Waals surface area contributed by atoms with Gasteiger partial charge in [-0.15, -0.1) is 0 Å². The van der Waals surface area contributed by atoms with Crippen molar-refractivity contribution in [3.63, 3.8) is 0 Å². The summed E-state index contributed by atoms with van der Waals surface area (Å²) < 4.78 is 0. The number of amides is 1. The van der Waals surface area contributed by atoms with Crippen LogP contribution in [-0.4, -0.2) is 43.1 Å². The van der Waals surface area contributed by atoms with Gasteiger partial charge in [-0.3, -0.25) is 9.69 Å². The summed E-state index contributed by atoms with van der Waals surface area (Å²) in [6.07, 6.45) is 3.54. The molecule has 0 saturated carbocycles. The van der Waals surface area contributed by atoms with E-state index in [2.05, 4.69) is 26.3 Å². The number of hydrogen-bond donors (Lipinski definition) is 2. The highest BCUT2D eigenvalue weighted by molar-refractivity contribution is 6.32. The van der Waals surface area contributed by atoms with Crippen molar-refractivity contribution in [1.82, 2.24) is 4.98 Å². The zero-order valence-corrected chi connectivity index (χ0v) is 14.4. The molecule has 1 amide bonds. The average molecular weight is 348 g/mol. The van der Waals surface area contributed by atoms with Crippen LogP contribution in [0.15, 0.2) is 42.7 Å². The third kappa shape index (κ3) is 3.83. The third-order valence-electron chi connectivity index (χ3n) is 4.46. The molecule has 1 aliphatic rings.